The predicted octanol–water partition coefficient (Wildman–Crippen LogP) is 12.2. The van der Waals surface area contributed by atoms with Gasteiger partial charge in [-0.2, -0.15) is 5.26 Å². The van der Waals surface area contributed by atoms with Gasteiger partial charge in [0.15, 0.2) is 0 Å². The fraction of sp³-hybridized carbons (Fsp3) is 0.122. The van der Waals surface area contributed by atoms with Crippen LogP contribution in [0.15, 0.2) is 125 Å². The average molecular weight is 679 g/mol. The molecule has 1 N–H and O–H groups in total. The number of carboxylic acid groups (broad SMARTS) is 1. The number of anilines is 3. The maximum absolute atomic E-state index is 11.3. The van der Waals surface area contributed by atoms with Crippen LogP contribution in [0.5, 0.6) is 0 Å². The second kappa shape index (κ2) is 12.0. The van der Waals surface area contributed by atoms with Gasteiger partial charge in [-0.3, -0.25) is 0 Å². The molecule has 2 aromatic heterocycles. The zero-order chi connectivity index (χ0) is 33.0. The van der Waals surface area contributed by atoms with Crippen LogP contribution in [0.4, 0.5) is 17.1 Å². The van der Waals surface area contributed by atoms with Crippen LogP contribution < -0.4 is 4.90 Å². The molecule has 2 aliphatic rings. The van der Waals surface area contributed by atoms with E-state index in [4.69, 9.17) is 5.26 Å². The lowest BCUT2D eigenvalue weighted by atomic mass is 9.73. The average Bonchev–Trinajstić information content (AvgIpc) is 3.86. The van der Waals surface area contributed by atoms with Gasteiger partial charge in [0.1, 0.15) is 11.6 Å². The number of rotatable bonds is 7. The Balaban J connectivity index is 1.17. The molecule has 3 heterocycles. The van der Waals surface area contributed by atoms with Crippen LogP contribution in [0.3, 0.4) is 0 Å². The molecule has 0 unspecified atom stereocenters. The summed E-state index contributed by atoms with van der Waals surface area (Å²) >= 11 is 5.06. The summed E-state index contributed by atoms with van der Waals surface area (Å²) in [4.78, 5) is 20.4. The monoisotopic (exact) mass is 678 g/mol. The van der Waals surface area contributed by atoms with Crippen molar-refractivity contribution in [2.45, 2.75) is 41.9 Å². The number of hydrogen-bond acceptors (Lipinski definition) is 6. The van der Waals surface area contributed by atoms with Gasteiger partial charge >= 0.3 is 5.97 Å². The van der Waals surface area contributed by atoms with Crippen LogP contribution in [0.25, 0.3) is 37.4 Å². The Hall–Kier alpha value is -4.87. The smallest absolute Gasteiger partial charge is 0.346 e. The topological polar surface area (TPSA) is 64.3 Å². The highest BCUT2D eigenvalue weighted by Gasteiger charge is 2.41. The zero-order valence-corrected chi connectivity index (χ0v) is 28.8. The number of para-hydroxylation sites is 2. The summed E-state index contributed by atoms with van der Waals surface area (Å²) in [7, 11) is 0. The van der Waals surface area contributed by atoms with Gasteiger partial charge in [0.2, 0.25) is 0 Å². The maximum atomic E-state index is 11.3. The minimum atomic E-state index is -1.21. The van der Waals surface area contributed by atoms with Crippen molar-refractivity contribution in [2.24, 2.45) is 0 Å². The van der Waals surface area contributed by atoms with Gasteiger partial charge in [-0.25, -0.2) is 4.79 Å². The molecule has 1 aliphatic carbocycles. The molecule has 0 radical (unpaired) electrons. The molecule has 0 saturated carbocycles. The molecule has 4 nitrogen and oxygen atoms in total. The Morgan fingerprint density at radius 2 is 1.38 bits per heavy atom. The Labute approximate surface area is 292 Å². The SMILES string of the molecule is CCC1(CC)c2cc(-c3ccc(-c4ccc(/C=C(/C#N)C(=O)O)s4)s3)ccc2-c2ccc(N3c4ccccc4Sc4ccccc43)cc21. The summed E-state index contributed by atoms with van der Waals surface area (Å²) in [6.45, 7) is 4.63. The van der Waals surface area contributed by atoms with E-state index in [1.54, 1.807) is 17.4 Å². The minimum absolute atomic E-state index is 0.0993. The van der Waals surface area contributed by atoms with Crippen LogP contribution in [-0.2, 0) is 10.2 Å². The van der Waals surface area contributed by atoms with Crippen molar-refractivity contribution < 1.29 is 9.90 Å². The molecule has 4 aromatic carbocycles. The van der Waals surface area contributed by atoms with Gasteiger partial charge in [0.05, 0.1) is 11.4 Å². The van der Waals surface area contributed by atoms with Crippen LogP contribution >= 0.6 is 34.4 Å². The Morgan fingerprint density at radius 1 is 0.771 bits per heavy atom. The molecule has 0 spiro atoms. The summed E-state index contributed by atoms with van der Waals surface area (Å²) < 4.78 is 0. The second-order valence-corrected chi connectivity index (χ2v) is 15.3. The van der Waals surface area contributed by atoms with E-state index in [9.17, 15) is 9.90 Å². The van der Waals surface area contributed by atoms with E-state index in [1.807, 2.05) is 23.9 Å². The van der Waals surface area contributed by atoms with Crippen LogP contribution in [0, 0.1) is 11.3 Å². The largest absolute Gasteiger partial charge is 0.477 e. The normalized spacial score (nSPS) is 14.1. The van der Waals surface area contributed by atoms with Gasteiger partial charge in [-0.05, 0) is 113 Å². The summed E-state index contributed by atoms with van der Waals surface area (Å²) in [6.07, 6.45) is 3.44. The minimum Gasteiger partial charge on any atom is -0.477 e. The standard InChI is InChI=1S/C41H30N2O2S3/c1-3-41(4-2)31-22-25(35-19-20-39(47-35)38-18-15-28(46-38)21-26(24-42)40(44)45)13-16-29(31)30-17-14-27(23-32(30)41)43-33-9-5-7-11-36(33)48-37-12-8-6-10-34(37)43/h5-23H,3-4H2,1-2H3,(H,44,45)/b26-21-. The summed E-state index contributed by atoms with van der Waals surface area (Å²) in [5.41, 5.74) is 9.89. The molecule has 7 heteroatoms. The highest BCUT2D eigenvalue weighted by Crippen LogP contribution is 2.57. The maximum Gasteiger partial charge on any atom is 0.346 e. The Bertz CT molecular complexity index is 2270. The van der Waals surface area contributed by atoms with Crippen molar-refractivity contribution in [1.29, 1.82) is 5.26 Å². The van der Waals surface area contributed by atoms with Crippen LogP contribution in [0.1, 0.15) is 42.7 Å². The number of carbonyl (C=O) groups is 1. The molecule has 0 amide bonds. The summed E-state index contributed by atoms with van der Waals surface area (Å²) in [5.74, 6) is -1.21. The van der Waals surface area contributed by atoms with Gasteiger partial charge in [-0.1, -0.05) is 68.1 Å². The van der Waals surface area contributed by atoms with Gasteiger partial charge in [-0.15, -0.1) is 22.7 Å². The van der Waals surface area contributed by atoms with Gasteiger partial charge in [0.25, 0.3) is 0 Å². The number of hydrogen-bond donors (Lipinski definition) is 1. The summed E-state index contributed by atoms with van der Waals surface area (Å²) in [5, 5.41) is 18.4. The molecule has 0 bridgehead atoms. The molecular formula is C41H30N2O2S3. The fourth-order valence-corrected chi connectivity index (χ4v) is 10.3. The lowest BCUT2D eigenvalue weighted by Crippen LogP contribution is -2.23. The van der Waals surface area contributed by atoms with Crippen molar-refractivity contribution in [3.8, 4) is 37.4 Å². The van der Waals surface area contributed by atoms with E-state index in [1.165, 1.54) is 77.0 Å². The van der Waals surface area contributed by atoms with Crippen molar-refractivity contribution in [2.75, 3.05) is 4.90 Å². The molecular weight excluding hydrogens is 649 g/mol. The number of nitriles is 1. The third kappa shape index (κ3) is 4.83. The molecule has 0 atom stereocenters. The number of aliphatic carboxylic acids is 1. The molecule has 48 heavy (non-hydrogen) atoms. The first kappa shape index (κ1) is 30.5. The second-order valence-electron chi connectivity index (χ2n) is 12.0. The molecule has 8 rings (SSSR count). The van der Waals surface area contributed by atoms with E-state index in [0.717, 1.165) is 27.5 Å². The van der Waals surface area contributed by atoms with Crippen molar-refractivity contribution in [3.63, 3.8) is 0 Å². The summed E-state index contributed by atoms with van der Waals surface area (Å²) in [6, 6.07) is 41.3. The van der Waals surface area contributed by atoms with Crippen molar-refractivity contribution in [3.05, 3.63) is 131 Å². The molecule has 1 aliphatic heterocycles. The number of fused-ring (bicyclic) bond motifs is 5. The van der Waals surface area contributed by atoms with E-state index in [0.29, 0.717) is 0 Å². The lowest BCUT2D eigenvalue weighted by molar-refractivity contribution is -0.132. The number of nitrogens with zero attached hydrogens (tertiary/aromatic N) is 2. The number of benzene rings is 4. The Morgan fingerprint density at radius 3 is 2.04 bits per heavy atom. The molecule has 6 aromatic rings. The highest BCUT2D eigenvalue weighted by atomic mass is 32.2. The molecule has 0 fully saturated rings. The lowest BCUT2D eigenvalue weighted by Gasteiger charge is -2.34. The van der Waals surface area contributed by atoms with Crippen LogP contribution in [0.2, 0.25) is 0 Å². The predicted molar refractivity (Wildman–Crippen MR) is 200 cm³/mol. The first-order valence-corrected chi connectivity index (χ1v) is 18.4. The third-order valence-electron chi connectivity index (χ3n) is 9.64. The van der Waals surface area contributed by atoms with E-state index < -0.39 is 5.97 Å². The zero-order valence-electron chi connectivity index (χ0n) is 26.4. The first-order chi connectivity index (χ1) is 23.4. The molecule has 234 valence electrons. The van der Waals surface area contributed by atoms with E-state index >= 15 is 0 Å². The third-order valence-corrected chi connectivity index (χ3v) is 13.1. The van der Waals surface area contributed by atoms with E-state index in [-0.39, 0.29) is 11.0 Å². The van der Waals surface area contributed by atoms with Gasteiger partial charge in [0, 0.05) is 40.4 Å². The molecule has 0 saturated heterocycles. The fourth-order valence-electron chi connectivity index (χ4n) is 7.24. The van der Waals surface area contributed by atoms with Crippen molar-refractivity contribution >= 4 is 63.5 Å². The van der Waals surface area contributed by atoms with Crippen molar-refractivity contribution in [1.82, 2.24) is 0 Å². The number of carboxylic acids is 1. The Kier molecular flexibility index (Phi) is 7.60. The van der Waals surface area contributed by atoms with Crippen LogP contribution in [-0.4, -0.2) is 11.1 Å². The van der Waals surface area contributed by atoms with E-state index in [2.05, 4.69) is 116 Å². The number of thiophene rings is 2. The first-order valence-electron chi connectivity index (χ1n) is 15.9. The highest BCUT2D eigenvalue weighted by molar-refractivity contribution is 7.99. The van der Waals surface area contributed by atoms with Gasteiger partial charge < -0.3 is 10.0 Å². The quantitative estimate of drug-likeness (QED) is 0.134.